The highest BCUT2D eigenvalue weighted by Gasteiger charge is 2.16. The molecule has 2 rings (SSSR count). The lowest BCUT2D eigenvalue weighted by Crippen LogP contribution is -2.14. The number of rotatable bonds is 1. The van der Waals surface area contributed by atoms with Crippen molar-refractivity contribution in [2.45, 2.75) is 18.9 Å². The Kier molecular flexibility index (Phi) is 1.79. The molecule has 1 aliphatic heterocycles. The third-order valence-electron chi connectivity index (χ3n) is 1.98. The summed E-state index contributed by atoms with van der Waals surface area (Å²) in [5.41, 5.74) is 1.05. The van der Waals surface area contributed by atoms with Crippen LogP contribution in [0.1, 0.15) is 24.6 Å². The molecule has 0 amide bonds. The van der Waals surface area contributed by atoms with Crippen LogP contribution in [-0.2, 0) is 0 Å². The largest absolute Gasteiger partial charge is 0.315 e. The molecule has 1 aromatic rings. The number of hydrogen-bond acceptors (Lipinski definition) is 3. The molecule has 0 aliphatic carbocycles. The molecule has 3 nitrogen and oxygen atoms in total. The molecule has 4 heteroatoms. The van der Waals surface area contributed by atoms with Crippen LogP contribution in [0, 0.1) is 0 Å². The average molecular weight is 170 g/mol. The van der Waals surface area contributed by atoms with E-state index in [0.29, 0.717) is 6.04 Å². The van der Waals surface area contributed by atoms with Crippen molar-refractivity contribution < 1.29 is 0 Å². The molecule has 0 spiro atoms. The summed E-state index contributed by atoms with van der Waals surface area (Å²) in [5, 5.41) is 5.23. The minimum Gasteiger partial charge on any atom is -0.315 e. The number of nitrogens with one attached hydrogen (secondary N) is 2. The highest BCUT2D eigenvalue weighted by molar-refractivity contribution is 7.07. The van der Waals surface area contributed by atoms with Crippen LogP contribution >= 0.6 is 11.3 Å². The molecule has 1 aliphatic rings. The van der Waals surface area contributed by atoms with Gasteiger partial charge in [-0.15, -0.1) is 0 Å². The summed E-state index contributed by atoms with van der Waals surface area (Å²) >= 11 is 1.24. The van der Waals surface area contributed by atoms with Crippen molar-refractivity contribution in [2.75, 3.05) is 6.54 Å². The summed E-state index contributed by atoms with van der Waals surface area (Å²) in [4.78, 5) is 13.7. The predicted molar refractivity (Wildman–Crippen MR) is 44.9 cm³/mol. The van der Waals surface area contributed by atoms with E-state index in [1.165, 1.54) is 17.8 Å². The predicted octanol–water partition coefficient (Wildman–Crippen LogP) is 0.861. The Morgan fingerprint density at radius 1 is 1.64 bits per heavy atom. The second-order valence-corrected chi connectivity index (χ2v) is 3.59. The first-order chi connectivity index (χ1) is 5.36. The van der Waals surface area contributed by atoms with Gasteiger partial charge in [0.1, 0.15) is 0 Å². The first kappa shape index (κ1) is 7.06. The van der Waals surface area contributed by atoms with Crippen LogP contribution in [0.15, 0.2) is 10.2 Å². The SMILES string of the molecule is O=c1[nH]c([C@H]2CCCN2)cs1. The fourth-order valence-electron chi connectivity index (χ4n) is 1.41. The second kappa shape index (κ2) is 2.79. The van der Waals surface area contributed by atoms with Crippen LogP contribution < -0.4 is 10.2 Å². The highest BCUT2D eigenvalue weighted by atomic mass is 32.1. The third-order valence-corrected chi connectivity index (χ3v) is 2.66. The lowest BCUT2D eigenvalue weighted by Gasteiger charge is -2.04. The smallest absolute Gasteiger partial charge is 0.304 e. The van der Waals surface area contributed by atoms with E-state index < -0.39 is 0 Å². The quantitative estimate of drug-likeness (QED) is 0.656. The van der Waals surface area contributed by atoms with E-state index in [1.807, 2.05) is 5.38 Å². The Bertz CT molecular complexity index is 285. The van der Waals surface area contributed by atoms with Crippen molar-refractivity contribution in [3.05, 3.63) is 20.7 Å². The standard InChI is InChI=1S/C7H10N2OS/c10-7-9-6(4-11-7)5-2-1-3-8-5/h4-5,8H,1-3H2,(H,9,10)/t5-/m1/s1. The lowest BCUT2D eigenvalue weighted by atomic mass is 10.2. The van der Waals surface area contributed by atoms with Crippen LogP contribution in [0.3, 0.4) is 0 Å². The zero-order chi connectivity index (χ0) is 7.68. The summed E-state index contributed by atoms with van der Waals surface area (Å²) in [6.07, 6.45) is 2.36. The van der Waals surface area contributed by atoms with Gasteiger partial charge >= 0.3 is 4.87 Å². The minimum absolute atomic E-state index is 0.0497. The van der Waals surface area contributed by atoms with Gasteiger partial charge in [-0.1, -0.05) is 11.3 Å². The number of aromatic amines is 1. The van der Waals surface area contributed by atoms with Gasteiger partial charge < -0.3 is 10.3 Å². The van der Waals surface area contributed by atoms with Crippen LogP contribution in [0.2, 0.25) is 0 Å². The Morgan fingerprint density at radius 3 is 3.09 bits per heavy atom. The van der Waals surface area contributed by atoms with Crippen molar-refractivity contribution >= 4 is 11.3 Å². The Labute approximate surface area is 68.5 Å². The van der Waals surface area contributed by atoms with Crippen molar-refractivity contribution in [2.24, 2.45) is 0 Å². The molecule has 1 saturated heterocycles. The van der Waals surface area contributed by atoms with Gasteiger partial charge in [-0.05, 0) is 19.4 Å². The van der Waals surface area contributed by atoms with E-state index in [9.17, 15) is 4.79 Å². The van der Waals surface area contributed by atoms with Gasteiger partial charge in [0.15, 0.2) is 0 Å². The van der Waals surface area contributed by atoms with Gasteiger partial charge in [-0.2, -0.15) is 0 Å². The average Bonchev–Trinajstić information content (AvgIpc) is 2.55. The highest BCUT2D eigenvalue weighted by Crippen LogP contribution is 2.20. The van der Waals surface area contributed by atoms with Crippen LogP contribution in [-0.4, -0.2) is 11.5 Å². The number of H-pyrrole nitrogens is 1. The summed E-state index contributed by atoms with van der Waals surface area (Å²) in [7, 11) is 0. The molecular formula is C7H10N2OS. The minimum atomic E-state index is 0.0497. The Balaban J connectivity index is 2.21. The van der Waals surface area contributed by atoms with Crippen LogP contribution in [0.4, 0.5) is 0 Å². The molecule has 1 aromatic heterocycles. The molecule has 11 heavy (non-hydrogen) atoms. The lowest BCUT2D eigenvalue weighted by molar-refractivity contribution is 0.630. The van der Waals surface area contributed by atoms with Gasteiger partial charge in [0, 0.05) is 17.1 Å². The molecule has 1 fully saturated rings. The molecule has 1 atom stereocenters. The van der Waals surface area contributed by atoms with E-state index in [0.717, 1.165) is 18.7 Å². The van der Waals surface area contributed by atoms with Gasteiger partial charge in [0.25, 0.3) is 0 Å². The number of hydrogen-bond donors (Lipinski definition) is 2. The molecule has 0 saturated carbocycles. The third kappa shape index (κ3) is 1.36. The van der Waals surface area contributed by atoms with Gasteiger partial charge in [-0.3, -0.25) is 4.79 Å². The maximum Gasteiger partial charge on any atom is 0.304 e. The van der Waals surface area contributed by atoms with Crippen LogP contribution in [0.5, 0.6) is 0 Å². The molecule has 0 aromatic carbocycles. The van der Waals surface area contributed by atoms with Crippen molar-refractivity contribution in [1.82, 2.24) is 10.3 Å². The fraction of sp³-hybridized carbons (Fsp3) is 0.571. The van der Waals surface area contributed by atoms with Crippen molar-refractivity contribution in [3.63, 3.8) is 0 Å². The van der Waals surface area contributed by atoms with Gasteiger partial charge in [0.05, 0.1) is 0 Å². The van der Waals surface area contributed by atoms with E-state index >= 15 is 0 Å². The summed E-state index contributed by atoms with van der Waals surface area (Å²) in [6.45, 7) is 1.07. The zero-order valence-corrected chi connectivity index (χ0v) is 6.91. The van der Waals surface area contributed by atoms with E-state index in [1.54, 1.807) is 0 Å². The Hall–Kier alpha value is -0.610. The first-order valence-corrected chi connectivity index (χ1v) is 4.65. The summed E-state index contributed by atoms with van der Waals surface area (Å²) < 4.78 is 0. The topological polar surface area (TPSA) is 44.9 Å². The number of aromatic nitrogens is 1. The van der Waals surface area contributed by atoms with E-state index in [-0.39, 0.29) is 4.87 Å². The summed E-state index contributed by atoms with van der Waals surface area (Å²) in [5.74, 6) is 0. The summed E-state index contributed by atoms with van der Waals surface area (Å²) in [6, 6.07) is 0.397. The fourth-order valence-corrected chi connectivity index (χ4v) is 2.05. The first-order valence-electron chi connectivity index (χ1n) is 3.77. The molecule has 2 heterocycles. The normalized spacial score (nSPS) is 24.2. The van der Waals surface area contributed by atoms with Crippen molar-refractivity contribution in [3.8, 4) is 0 Å². The van der Waals surface area contributed by atoms with Gasteiger partial charge in [-0.25, -0.2) is 0 Å². The Morgan fingerprint density at radius 2 is 2.55 bits per heavy atom. The van der Waals surface area contributed by atoms with Crippen molar-refractivity contribution in [1.29, 1.82) is 0 Å². The molecule has 60 valence electrons. The zero-order valence-electron chi connectivity index (χ0n) is 6.09. The van der Waals surface area contributed by atoms with E-state index in [2.05, 4.69) is 10.3 Å². The number of thiazole rings is 1. The second-order valence-electron chi connectivity index (χ2n) is 2.75. The van der Waals surface area contributed by atoms with E-state index in [4.69, 9.17) is 0 Å². The molecule has 0 radical (unpaired) electrons. The monoisotopic (exact) mass is 170 g/mol. The van der Waals surface area contributed by atoms with Gasteiger partial charge in [0.2, 0.25) is 0 Å². The molecular weight excluding hydrogens is 160 g/mol. The molecule has 0 unspecified atom stereocenters. The molecule has 2 N–H and O–H groups in total. The maximum absolute atomic E-state index is 10.8. The molecule has 0 bridgehead atoms. The maximum atomic E-state index is 10.8. The van der Waals surface area contributed by atoms with Crippen LogP contribution in [0.25, 0.3) is 0 Å².